The van der Waals surface area contributed by atoms with Gasteiger partial charge in [-0.05, 0) is 16.8 Å². The van der Waals surface area contributed by atoms with Crippen LogP contribution in [-0.4, -0.2) is 52.3 Å². The summed E-state index contributed by atoms with van der Waals surface area (Å²) in [5.74, 6) is -0.901. The normalized spacial score (nSPS) is 12.7. The van der Waals surface area contributed by atoms with E-state index in [1.807, 2.05) is 0 Å². The number of aliphatic hydroxyl groups excluding tert-OH is 1. The molecule has 9 nitrogen and oxygen atoms in total. The fourth-order valence-electron chi connectivity index (χ4n) is 1.88. The molecule has 3 heterocycles. The maximum absolute atomic E-state index is 10.7. The number of aromatic nitrogens is 6. The van der Waals surface area contributed by atoms with Gasteiger partial charge in [-0.25, -0.2) is 9.78 Å². The van der Waals surface area contributed by atoms with Gasteiger partial charge in [0.05, 0.1) is 0 Å². The minimum atomic E-state index is -1.46. The lowest BCUT2D eigenvalue weighted by Gasteiger charge is -2.08. The summed E-state index contributed by atoms with van der Waals surface area (Å²) in [5.41, 5.74) is 1.82. The molecular formula is C11H9BrN6O3. The summed E-state index contributed by atoms with van der Waals surface area (Å²) in [6.45, 7) is 0. The number of carboxylic acids is 1. The van der Waals surface area contributed by atoms with Crippen LogP contribution in [-0.2, 0) is 11.2 Å². The average molecular weight is 353 g/mol. The van der Waals surface area contributed by atoms with Crippen molar-refractivity contribution in [3.63, 3.8) is 0 Å². The number of hydrogen-bond donors (Lipinski definition) is 3. The summed E-state index contributed by atoms with van der Waals surface area (Å²) in [6.07, 6.45) is 1.92. The molecule has 3 N–H and O–H groups in total. The molecule has 0 saturated heterocycles. The topological polar surface area (TPSA) is 129 Å². The van der Waals surface area contributed by atoms with Crippen LogP contribution in [0.3, 0.4) is 0 Å². The van der Waals surface area contributed by atoms with E-state index in [2.05, 4.69) is 41.5 Å². The van der Waals surface area contributed by atoms with Crippen LogP contribution in [0.4, 0.5) is 0 Å². The molecule has 3 aromatic heterocycles. The Kier molecular flexibility index (Phi) is 3.39. The fourth-order valence-corrected chi connectivity index (χ4v) is 2.35. The predicted molar refractivity (Wildman–Crippen MR) is 73.4 cm³/mol. The fraction of sp³-hybridized carbons (Fsp3) is 0.182. The number of carbonyl (C=O) groups is 1. The SMILES string of the molecule is O=C(O)C(O)Cc1cn2cc(-c3nn[nH]n3)nc2cc1Br. The molecule has 3 aromatic rings. The Balaban J connectivity index is 2.01. The first kappa shape index (κ1) is 13.6. The first-order valence-corrected chi connectivity index (χ1v) is 6.65. The number of carboxylic acid groups (broad SMARTS) is 1. The monoisotopic (exact) mass is 352 g/mol. The van der Waals surface area contributed by atoms with Crippen molar-refractivity contribution in [2.24, 2.45) is 0 Å². The zero-order valence-electron chi connectivity index (χ0n) is 10.4. The molecule has 108 valence electrons. The van der Waals surface area contributed by atoms with Crippen LogP contribution in [0, 0.1) is 0 Å². The number of nitrogens with zero attached hydrogens (tertiary/aromatic N) is 5. The van der Waals surface area contributed by atoms with E-state index in [0.29, 0.717) is 27.2 Å². The van der Waals surface area contributed by atoms with E-state index in [1.165, 1.54) is 0 Å². The second-order valence-electron chi connectivity index (χ2n) is 4.33. The maximum atomic E-state index is 10.7. The van der Waals surface area contributed by atoms with Crippen LogP contribution in [0.15, 0.2) is 22.9 Å². The van der Waals surface area contributed by atoms with Crippen molar-refractivity contribution >= 4 is 27.5 Å². The van der Waals surface area contributed by atoms with Crippen molar-refractivity contribution in [3.05, 3.63) is 28.5 Å². The standard InChI is InChI=1S/C11H9BrN6O3/c12-6-2-9-13-7(10-14-16-17-15-10)4-18(9)3-5(6)1-8(19)11(20)21/h2-4,8,19H,1H2,(H,20,21)(H,14,15,16,17). The van der Waals surface area contributed by atoms with Crippen molar-refractivity contribution < 1.29 is 15.0 Å². The number of imidazole rings is 1. The Bertz CT molecular complexity index is 800. The van der Waals surface area contributed by atoms with Gasteiger partial charge in [-0.3, -0.25) is 0 Å². The number of fused-ring (bicyclic) bond motifs is 1. The highest BCUT2D eigenvalue weighted by molar-refractivity contribution is 9.10. The highest BCUT2D eigenvalue weighted by Crippen LogP contribution is 2.22. The lowest BCUT2D eigenvalue weighted by molar-refractivity contribution is -0.146. The number of aromatic amines is 1. The average Bonchev–Trinajstić information content (AvgIpc) is 3.06. The van der Waals surface area contributed by atoms with Crippen LogP contribution in [0.2, 0.25) is 0 Å². The molecule has 0 fully saturated rings. The molecule has 0 aliphatic carbocycles. The van der Waals surface area contributed by atoms with Gasteiger partial charge in [0.15, 0.2) is 6.10 Å². The quantitative estimate of drug-likeness (QED) is 0.614. The zero-order chi connectivity index (χ0) is 15.0. The third-order valence-electron chi connectivity index (χ3n) is 2.89. The number of aliphatic carboxylic acids is 1. The number of nitrogens with one attached hydrogen (secondary N) is 1. The highest BCUT2D eigenvalue weighted by atomic mass is 79.9. The van der Waals surface area contributed by atoms with Gasteiger partial charge in [0, 0.05) is 23.3 Å². The van der Waals surface area contributed by atoms with Gasteiger partial charge >= 0.3 is 5.97 Å². The molecule has 0 bridgehead atoms. The summed E-state index contributed by atoms with van der Waals surface area (Å²) < 4.78 is 2.38. The van der Waals surface area contributed by atoms with E-state index in [9.17, 15) is 9.90 Å². The van der Waals surface area contributed by atoms with E-state index < -0.39 is 12.1 Å². The van der Waals surface area contributed by atoms with Crippen LogP contribution < -0.4 is 0 Å². The van der Waals surface area contributed by atoms with Gasteiger partial charge in [0.1, 0.15) is 11.3 Å². The van der Waals surface area contributed by atoms with E-state index >= 15 is 0 Å². The zero-order valence-corrected chi connectivity index (χ0v) is 12.0. The third-order valence-corrected chi connectivity index (χ3v) is 3.63. The minimum absolute atomic E-state index is 0.0123. The molecule has 3 rings (SSSR count). The van der Waals surface area contributed by atoms with Crippen LogP contribution >= 0.6 is 15.9 Å². The smallest absolute Gasteiger partial charge is 0.332 e. The van der Waals surface area contributed by atoms with Crippen molar-refractivity contribution in [3.8, 4) is 11.5 Å². The van der Waals surface area contributed by atoms with Gasteiger partial charge in [-0.15, -0.1) is 10.2 Å². The van der Waals surface area contributed by atoms with Crippen molar-refractivity contribution in [1.29, 1.82) is 0 Å². The van der Waals surface area contributed by atoms with Crippen LogP contribution in [0.5, 0.6) is 0 Å². The molecule has 1 unspecified atom stereocenters. The molecule has 0 aromatic carbocycles. The minimum Gasteiger partial charge on any atom is -0.479 e. The number of tetrazole rings is 1. The number of halogens is 1. The lowest BCUT2D eigenvalue weighted by atomic mass is 10.1. The second kappa shape index (κ2) is 5.22. The van der Waals surface area contributed by atoms with E-state index in [1.54, 1.807) is 22.9 Å². The first-order valence-electron chi connectivity index (χ1n) is 5.86. The number of aliphatic hydroxyl groups is 1. The van der Waals surface area contributed by atoms with Gasteiger partial charge in [-0.1, -0.05) is 15.9 Å². The molecule has 21 heavy (non-hydrogen) atoms. The molecule has 1 atom stereocenters. The van der Waals surface area contributed by atoms with Crippen molar-refractivity contribution in [1.82, 2.24) is 30.0 Å². The first-order chi connectivity index (χ1) is 10.0. The Hall–Kier alpha value is -2.33. The summed E-state index contributed by atoms with van der Waals surface area (Å²) in [7, 11) is 0. The number of rotatable bonds is 4. The largest absolute Gasteiger partial charge is 0.479 e. The molecule has 10 heteroatoms. The molecule has 0 aliphatic rings. The van der Waals surface area contributed by atoms with Gasteiger partial charge in [-0.2, -0.15) is 5.21 Å². The van der Waals surface area contributed by atoms with E-state index in [4.69, 9.17) is 5.11 Å². The Morgan fingerprint density at radius 2 is 2.29 bits per heavy atom. The molecule has 0 saturated carbocycles. The molecule has 0 spiro atoms. The lowest BCUT2D eigenvalue weighted by Crippen LogP contribution is -2.22. The van der Waals surface area contributed by atoms with E-state index in [0.717, 1.165) is 0 Å². The molecule has 0 aliphatic heterocycles. The summed E-state index contributed by atoms with van der Waals surface area (Å²) in [5, 5.41) is 31.7. The molecule has 0 radical (unpaired) electrons. The van der Waals surface area contributed by atoms with Crippen molar-refractivity contribution in [2.75, 3.05) is 0 Å². The Labute approximate surface area is 125 Å². The third kappa shape index (κ3) is 2.62. The molecule has 0 amide bonds. The van der Waals surface area contributed by atoms with Gasteiger partial charge < -0.3 is 14.6 Å². The molecular weight excluding hydrogens is 344 g/mol. The second-order valence-corrected chi connectivity index (χ2v) is 5.19. The van der Waals surface area contributed by atoms with Gasteiger partial charge in [0.25, 0.3) is 0 Å². The summed E-state index contributed by atoms with van der Waals surface area (Å²) in [6, 6.07) is 1.73. The number of hydrogen-bond acceptors (Lipinski definition) is 6. The highest BCUT2D eigenvalue weighted by Gasteiger charge is 2.17. The van der Waals surface area contributed by atoms with Crippen LogP contribution in [0.1, 0.15) is 5.56 Å². The number of pyridine rings is 1. The number of H-pyrrole nitrogens is 1. The predicted octanol–water partition coefficient (Wildman–Crippen LogP) is 0.265. The maximum Gasteiger partial charge on any atom is 0.332 e. The Morgan fingerprint density at radius 3 is 2.95 bits per heavy atom. The van der Waals surface area contributed by atoms with Crippen LogP contribution in [0.25, 0.3) is 17.2 Å². The summed E-state index contributed by atoms with van der Waals surface area (Å²) >= 11 is 3.35. The summed E-state index contributed by atoms with van der Waals surface area (Å²) in [4.78, 5) is 15.1. The Morgan fingerprint density at radius 1 is 1.48 bits per heavy atom. The van der Waals surface area contributed by atoms with Crippen molar-refractivity contribution in [2.45, 2.75) is 12.5 Å². The van der Waals surface area contributed by atoms with Gasteiger partial charge in [0.2, 0.25) is 5.82 Å². The van der Waals surface area contributed by atoms with E-state index in [-0.39, 0.29) is 6.42 Å².